The van der Waals surface area contributed by atoms with E-state index in [2.05, 4.69) is 20.4 Å². The van der Waals surface area contributed by atoms with Crippen molar-refractivity contribution in [3.05, 3.63) is 12.2 Å². The first-order chi connectivity index (χ1) is 17.8. The van der Waals surface area contributed by atoms with Crippen molar-refractivity contribution in [2.75, 3.05) is 0 Å². The van der Waals surface area contributed by atoms with E-state index in [1.807, 2.05) is 0 Å². The molecule has 216 valence electrons. The van der Waals surface area contributed by atoms with Crippen molar-refractivity contribution >= 4 is 0 Å². The number of rotatable bonds is 32. The number of allylic oxidation sites excluding steroid dienone is 1. The van der Waals surface area contributed by atoms with Crippen molar-refractivity contribution in [2.24, 2.45) is 0 Å². The minimum Gasteiger partial charge on any atom is -0.0999 e. The molecule has 0 aromatic heterocycles. The summed E-state index contributed by atoms with van der Waals surface area (Å²) >= 11 is 0. The molecule has 0 radical (unpaired) electrons. The van der Waals surface area contributed by atoms with Gasteiger partial charge in [0.25, 0.3) is 0 Å². The lowest BCUT2D eigenvalue weighted by molar-refractivity contribution is 0.527. The van der Waals surface area contributed by atoms with E-state index in [0.717, 1.165) is 0 Å². The van der Waals surface area contributed by atoms with E-state index < -0.39 is 0 Å². The van der Waals surface area contributed by atoms with Crippen molar-refractivity contribution in [2.45, 2.75) is 219 Å². The van der Waals surface area contributed by atoms with E-state index in [1.54, 1.807) is 0 Å². The average molecular weight is 505 g/mol. The van der Waals surface area contributed by atoms with Gasteiger partial charge in [-0.2, -0.15) is 0 Å². The van der Waals surface area contributed by atoms with E-state index in [9.17, 15) is 0 Å². The molecule has 0 nitrogen and oxygen atoms in total. The predicted octanol–water partition coefficient (Wildman–Crippen LogP) is 14.1. The molecule has 0 heteroatoms. The van der Waals surface area contributed by atoms with E-state index in [-0.39, 0.29) is 0 Å². The van der Waals surface area contributed by atoms with Crippen LogP contribution in [0.2, 0.25) is 0 Å². The average Bonchev–Trinajstić information content (AvgIpc) is 2.88. The van der Waals surface area contributed by atoms with Crippen LogP contribution in [0.1, 0.15) is 219 Å². The Kier molecular flexibility index (Phi) is 32.5. The third-order valence-corrected chi connectivity index (χ3v) is 8.27. The van der Waals surface area contributed by atoms with Crippen molar-refractivity contribution in [3.8, 4) is 0 Å². The van der Waals surface area contributed by atoms with Crippen LogP contribution in [0.5, 0.6) is 0 Å². The van der Waals surface area contributed by atoms with Gasteiger partial charge in [0.05, 0.1) is 0 Å². The monoisotopic (exact) mass is 505 g/mol. The van der Waals surface area contributed by atoms with Gasteiger partial charge in [-0.3, -0.25) is 0 Å². The zero-order valence-corrected chi connectivity index (χ0v) is 25.8. The van der Waals surface area contributed by atoms with Crippen LogP contribution in [0.3, 0.4) is 0 Å². The Morgan fingerprint density at radius 3 is 0.639 bits per heavy atom. The summed E-state index contributed by atoms with van der Waals surface area (Å²) in [6, 6.07) is 0. The summed E-state index contributed by atoms with van der Waals surface area (Å²) in [5, 5.41) is 0. The maximum absolute atomic E-state index is 4.36. The molecule has 36 heavy (non-hydrogen) atoms. The van der Waals surface area contributed by atoms with Crippen molar-refractivity contribution in [3.63, 3.8) is 0 Å². The first-order valence-corrected chi connectivity index (χ1v) is 17.5. The number of unbranched alkanes of at least 4 members (excludes halogenated alkanes) is 28. The third-order valence-electron chi connectivity index (χ3n) is 8.27. The maximum atomic E-state index is 4.36. The number of hydrogen-bond donors (Lipinski definition) is 0. The fourth-order valence-electron chi connectivity index (χ4n) is 5.62. The molecule has 0 N–H and O–H groups in total. The van der Waals surface area contributed by atoms with Gasteiger partial charge in [-0.25, -0.2) is 0 Å². The van der Waals surface area contributed by atoms with Gasteiger partial charge in [0, 0.05) is 0 Å². The van der Waals surface area contributed by atoms with E-state index in [4.69, 9.17) is 0 Å². The molecule has 0 atom stereocenters. The van der Waals surface area contributed by atoms with Gasteiger partial charge >= 0.3 is 0 Å². The molecule has 0 spiro atoms. The second kappa shape index (κ2) is 32.8. The Balaban J connectivity index is 3.14. The predicted molar refractivity (Wildman–Crippen MR) is 168 cm³/mol. The molecule has 0 aliphatic heterocycles. The van der Waals surface area contributed by atoms with Crippen LogP contribution in [0.4, 0.5) is 0 Å². The summed E-state index contributed by atoms with van der Waals surface area (Å²) in [6.07, 6.45) is 46.2. The summed E-state index contributed by atoms with van der Waals surface area (Å²) in [7, 11) is 0. The van der Waals surface area contributed by atoms with Crippen LogP contribution in [0.25, 0.3) is 0 Å². The topological polar surface area (TPSA) is 0 Å². The van der Waals surface area contributed by atoms with Gasteiger partial charge in [-0.1, -0.05) is 206 Å². The summed E-state index contributed by atoms with van der Waals surface area (Å²) in [6.45, 7) is 8.97. The lowest BCUT2D eigenvalue weighted by Crippen LogP contribution is -1.87. The van der Waals surface area contributed by atoms with Gasteiger partial charge < -0.3 is 0 Å². The molecule has 0 fully saturated rings. The van der Waals surface area contributed by atoms with Crippen LogP contribution in [0.15, 0.2) is 12.2 Å². The Bertz CT molecular complexity index is 395. The SMILES string of the molecule is C=C(CCCCCCCCCCCCCCCC)CCCCCCCCCCCCCCCCCC. The largest absolute Gasteiger partial charge is 0.0999 e. The zero-order valence-electron chi connectivity index (χ0n) is 25.8. The van der Waals surface area contributed by atoms with Gasteiger partial charge in [-0.05, 0) is 25.7 Å². The first-order valence-electron chi connectivity index (χ1n) is 17.5. The highest BCUT2D eigenvalue weighted by Crippen LogP contribution is 2.18. The van der Waals surface area contributed by atoms with Gasteiger partial charge in [0.1, 0.15) is 0 Å². The molecule has 0 rings (SSSR count). The minimum atomic E-state index is 1.29. The summed E-state index contributed by atoms with van der Waals surface area (Å²) in [4.78, 5) is 0. The molecule has 0 unspecified atom stereocenters. The summed E-state index contributed by atoms with van der Waals surface area (Å²) in [5.74, 6) is 0. The quantitative estimate of drug-likeness (QED) is 0.0631. The number of hydrogen-bond acceptors (Lipinski definition) is 0. The maximum Gasteiger partial charge on any atom is -0.0323 e. The van der Waals surface area contributed by atoms with Crippen LogP contribution < -0.4 is 0 Å². The summed E-state index contributed by atoms with van der Waals surface area (Å²) < 4.78 is 0. The Morgan fingerprint density at radius 1 is 0.278 bits per heavy atom. The minimum absolute atomic E-state index is 1.29. The standard InChI is InChI=1S/C36H72/c1-4-6-8-10-12-14-16-18-20-21-23-25-27-29-31-33-35-36(3)34-32-30-28-26-24-22-19-17-15-13-11-9-7-5-2/h3-35H2,1-2H3. The van der Waals surface area contributed by atoms with Crippen LogP contribution in [0, 0.1) is 0 Å². The fraction of sp³-hybridized carbons (Fsp3) is 0.944. The molecule has 0 heterocycles. The van der Waals surface area contributed by atoms with E-state index in [0.29, 0.717) is 0 Å². The van der Waals surface area contributed by atoms with Crippen LogP contribution >= 0.6 is 0 Å². The highest BCUT2D eigenvalue weighted by Gasteiger charge is 1.99. The Hall–Kier alpha value is -0.260. The zero-order chi connectivity index (χ0) is 26.2. The van der Waals surface area contributed by atoms with Gasteiger partial charge in [0.2, 0.25) is 0 Å². The third kappa shape index (κ3) is 31.8. The first kappa shape index (κ1) is 35.7. The molecule has 0 saturated carbocycles. The summed E-state index contributed by atoms with van der Waals surface area (Å²) in [5.41, 5.74) is 1.53. The molecule has 0 saturated heterocycles. The molecule has 0 bridgehead atoms. The second-order valence-corrected chi connectivity index (χ2v) is 12.1. The van der Waals surface area contributed by atoms with Gasteiger partial charge in [0.15, 0.2) is 0 Å². The normalized spacial score (nSPS) is 11.4. The molecule has 0 amide bonds. The molecule has 0 aliphatic carbocycles. The van der Waals surface area contributed by atoms with Gasteiger partial charge in [-0.15, -0.1) is 0 Å². The van der Waals surface area contributed by atoms with Crippen molar-refractivity contribution in [1.29, 1.82) is 0 Å². The fourth-order valence-corrected chi connectivity index (χ4v) is 5.62. The Labute approximate surface area is 231 Å². The van der Waals surface area contributed by atoms with E-state index in [1.165, 1.54) is 211 Å². The van der Waals surface area contributed by atoms with Crippen LogP contribution in [-0.4, -0.2) is 0 Å². The van der Waals surface area contributed by atoms with Crippen molar-refractivity contribution in [1.82, 2.24) is 0 Å². The highest BCUT2D eigenvalue weighted by molar-refractivity contribution is 4.93. The Morgan fingerprint density at radius 2 is 0.444 bits per heavy atom. The lowest BCUT2D eigenvalue weighted by Gasteiger charge is -2.07. The van der Waals surface area contributed by atoms with Crippen LogP contribution in [-0.2, 0) is 0 Å². The molecular weight excluding hydrogens is 432 g/mol. The molecule has 0 aromatic rings. The smallest absolute Gasteiger partial charge is 0.0323 e. The molecular formula is C36H72. The highest BCUT2D eigenvalue weighted by atomic mass is 14.0. The second-order valence-electron chi connectivity index (χ2n) is 12.1. The molecule has 0 aliphatic rings. The lowest BCUT2D eigenvalue weighted by atomic mass is 10.00. The van der Waals surface area contributed by atoms with Crippen molar-refractivity contribution < 1.29 is 0 Å². The van der Waals surface area contributed by atoms with E-state index >= 15 is 0 Å². The molecule has 0 aromatic carbocycles.